The summed E-state index contributed by atoms with van der Waals surface area (Å²) in [6.45, 7) is 0. The summed E-state index contributed by atoms with van der Waals surface area (Å²) < 4.78 is 0. The van der Waals surface area contributed by atoms with Crippen LogP contribution in [0.25, 0.3) is 0 Å². The fourth-order valence-corrected chi connectivity index (χ4v) is 0. The first kappa shape index (κ1) is 8.02. The first-order valence-electron chi connectivity index (χ1n) is 1.68. The van der Waals surface area contributed by atoms with E-state index < -0.39 is 5.75 Å². The van der Waals surface area contributed by atoms with Crippen molar-refractivity contribution in [2.75, 3.05) is 0 Å². The summed E-state index contributed by atoms with van der Waals surface area (Å²) in [6, 6.07) is 0. The van der Waals surface area contributed by atoms with Crippen LogP contribution in [-0.2, 0) is 0 Å². The standard InChI is InChI=1S/C3H9AsI2/c1-4(2,3,5)6/h1-3H3. The van der Waals surface area contributed by atoms with Crippen LogP contribution >= 0.6 is 40.3 Å². The van der Waals surface area contributed by atoms with E-state index in [-0.39, 0.29) is 0 Å². The second kappa shape index (κ2) is 1.76. The Morgan fingerprint density at radius 2 is 1.00 bits per heavy atom. The van der Waals surface area contributed by atoms with E-state index in [4.69, 9.17) is 0 Å². The average Bonchev–Trinajstić information content (AvgIpc) is 0.650. The fraction of sp³-hybridized carbons (Fsp3) is 1.00. The molecule has 0 saturated heterocycles. The zero-order chi connectivity index (χ0) is 5.45. The molecular weight excluding hydrogens is 365 g/mol. The molecule has 0 aromatic rings. The second-order valence-electron chi connectivity index (χ2n) is 2.42. The van der Waals surface area contributed by atoms with Crippen molar-refractivity contribution in [3.05, 3.63) is 0 Å². The van der Waals surface area contributed by atoms with Gasteiger partial charge in [-0.25, -0.2) is 0 Å². The molecule has 0 nitrogen and oxygen atoms in total. The summed E-state index contributed by atoms with van der Waals surface area (Å²) in [7, 11) is 0. The first-order chi connectivity index (χ1) is 2.24. The Morgan fingerprint density at radius 3 is 1.00 bits per heavy atom. The molecule has 0 aliphatic carbocycles. The molecule has 0 heterocycles. The molecule has 3 heteroatoms. The Kier molecular flexibility index (Phi) is 2.35. The van der Waals surface area contributed by atoms with Crippen molar-refractivity contribution in [1.82, 2.24) is 0 Å². The number of hydrogen-bond donors (Lipinski definition) is 0. The van der Waals surface area contributed by atoms with E-state index in [0.29, 0.717) is 0 Å². The summed E-state index contributed by atoms with van der Waals surface area (Å²) in [4.78, 5) is 0. The fourth-order valence-electron chi connectivity index (χ4n) is 0. The van der Waals surface area contributed by atoms with E-state index in [1.807, 2.05) is 0 Å². The van der Waals surface area contributed by atoms with Gasteiger partial charge in [-0.15, -0.1) is 0 Å². The van der Waals surface area contributed by atoms with Gasteiger partial charge in [0.2, 0.25) is 0 Å². The summed E-state index contributed by atoms with van der Waals surface area (Å²) in [5, 5.41) is 0. The zero-order valence-electron chi connectivity index (χ0n) is 4.20. The normalized spacial score (nSPS) is 19.2. The van der Waals surface area contributed by atoms with Crippen LogP contribution in [-0.4, -0.2) is 5.75 Å². The summed E-state index contributed by atoms with van der Waals surface area (Å²) in [6.07, 6.45) is 0. The molecule has 0 aliphatic heterocycles. The predicted molar refractivity (Wildman–Crippen MR) is 51.4 cm³/mol. The summed E-state index contributed by atoms with van der Waals surface area (Å²) in [5.74, 6) is -1.55. The molecule has 0 N–H and O–H groups in total. The average molecular weight is 374 g/mol. The summed E-state index contributed by atoms with van der Waals surface area (Å²) in [5.41, 5.74) is 7.08. The maximum absolute atomic E-state index is 2.58. The van der Waals surface area contributed by atoms with Gasteiger partial charge < -0.3 is 0 Å². The van der Waals surface area contributed by atoms with Gasteiger partial charge in [-0.3, -0.25) is 0 Å². The Bertz CT molecular complexity index is 42.0. The minimum atomic E-state index is -1.55. The van der Waals surface area contributed by atoms with Crippen molar-refractivity contribution >= 4 is 46.0 Å². The number of hydrogen-bond acceptors (Lipinski definition) is 0. The molecule has 40 valence electrons. The molecule has 0 amide bonds. The minimum absolute atomic E-state index is 1.55. The molecule has 0 aromatic heterocycles. The van der Waals surface area contributed by atoms with E-state index in [2.05, 4.69) is 57.4 Å². The van der Waals surface area contributed by atoms with Gasteiger partial charge in [-0.1, -0.05) is 0 Å². The molecule has 0 rings (SSSR count). The van der Waals surface area contributed by atoms with Crippen LogP contribution in [0.4, 0.5) is 0 Å². The molecule has 6 heavy (non-hydrogen) atoms. The van der Waals surface area contributed by atoms with Gasteiger partial charge in [0.1, 0.15) is 0 Å². The molecule has 0 saturated carbocycles. The van der Waals surface area contributed by atoms with E-state index >= 15 is 0 Å². The monoisotopic (exact) mass is 374 g/mol. The van der Waals surface area contributed by atoms with E-state index in [9.17, 15) is 0 Å². The molecule has 0 spiro atoms. The van der Waals surface area contributed by atoms with Gasteiger partial charge in [0, 0.05) is 0 Å². The third-order valence-electron chi connectivity index (χ3n) is 0. The van der Waals surface area contributed by atoms with Crippen molar-refractivity contribution in [3.63, 3.8) is 0 Å². The topological polar surface area (TPSA) is 0 Å². The third kappa shape index (κ3) is 37.2. The van der Waals surface area contributed by atoms with Crippen molar-refractivity contribution in [3.8, 4) is 0 Å². The SMILES string of the molecule is C[As](C)(C)(I)I. The Labute approximate surface area is 62.2 Å². The molecule has 0 aromatic carbocycles. The molecule has 0 bridgehead atoms. The van der Waals surface area contributed by atoms with E-state index in [1.165, 1.54) is 0 Å². The quantitative estimate of drug-likeness (QED) is 0.452. The Hall–Kier alpha value is 2.02. The van der Waals surface area contributed by atoms with E-state index in [1.54, 1.807) is 0 Å². The molecule has 0 fully saturated rings. The van der Waals surface area contributed by atoms with Crippen LogP contribution in [0.5, 0.6) is 0 Å². The number of halogens is 2. The Morgan fingerprint density at radius 1 is 1.00 bits per heavy atom. The van der Waals surface area contributed by atoms with Gasteiger partial charge in [-0.05, 0) is 0 Å². The second-order valence-corrected chi connectivity index (χ2v) is 57.3. The molecule has 0 aliphatic rings. The van der Waals surface area contributed by atoms with Gasteiger partial charge in [-0.2, -0.15) is 0 Å². The van der Waals surface area contributed by atoms with Crippen molar-refractivity contribution in [1.29, 1.82) is 0 Å². The Balaban J connectivity index is 3.73. The molecule has 0 radical (unpaired) electrons. The van der Waals surface area contributed by atoms with Crippen LogP contribution in [0.1, 0.15) is 0 Å². The van der Waals surface area contributed by atoms with Crippen molar-refractivity contribution < 1.29 is 0 Å². The predicted octanol–water partition coefficient (Wildman–Crippen LogP) is 3.14. The third-order valence-corrected chi connectivity index (χ3v) is 0. The van der Waals surface area contributed by atoms with Gasteiger partial charge >= 0.3 is 63.1 Å². The number of rotatable bonds is 0. The first-order valence-corrected chi connectivity index (χ1v) is 18.8. The zero-order valence-corrected chi connectivity index (χ0v) is 10.4. The van der Waals surface area contributed by atoms with Gasteiger partial charge in [0.25, 0.3) is 0 Å². The van der Waals surface area contributed by atoms with Crippen LogP contribution in [0, 0.1) is 0 Å². The summed E-state index contributed by atoms with van der Waals surface area (Å²) >= 11 is 5.16. The van der Waals surface area contributed by atoms with Crippen LogP contribution < -0.4 is 0 Å². The van der Waals surface area contributed by atoms with Crippen molar-refractivity contribution in [2.45, 2.75) is 17.1 Å². The molecule has 0 atom stereocenters. The van der Waals surface area contributed by atoms with E-state index in [0.717, 1.165) is 0 Å². The van der Waals surface area contributed by atoms with Crippen LogP contribution in [0.3, 0.4) is 0 Å². The van der Waals surface area contributed by atoms with Crippen molar-refractivity contribution in [2.24, 2.45) is 0 Å². The molecule has 0 unspecified atom stereocenters. The molecular formula is C3H9AsI2. The maximum atomic E-state index is 2.58. The van der Waals surface area contributed by atoms with Crippen LogP contribution in [0.15, 0.2) is 0 Å². The van der Waals surface area contributed by atoms with Gasteiger partial charge in [0.15, 0.2) is 0 Å². The van der Waals surface area contributed by atoms with Crippen LogP contribution in [0.2, 0.25) is 17.1 Å². The van der Waals surface area contributed by atoms with Gasteiger partial charge in [0.05, 0.1) is 0 Å².